The lowest BCUT2D eigenvalue weighted by Crippen LogP contribution is -2.14. The first-order valence-corrected chi connectivity index (χ1v) is 10.4. The molecule has 0 N–H and O–H groups in total. The Morgan fingerprint density at radius 3 is 2.34 bits per heavy atom. The molecule has 0 saturated carbocycles. The van der Waals surface area contributed by atoms with Crippen molar-refractivity contribution in [3.8, 4) is 22.3 Å². The molecule has 0 radical (unpaired) electrons. The molecule has 3 nitrogen and oxygen atoms in total. The van der Waals surface area contributed by atoms with Crippen LogP contribution in [0.1, 0.15) is 6.42 Å². The summed E-state index contributed by atoms with van der Waals surface area (Å²) in [6.07, 6.45) is 7.11. The van der Waals surface area contributed by atoms with E-state index in [1.54, 1.807) is 0 Å². The molecule has 0 spiro atoms. The van der Waals surface area contributed by atoms with Crippen LogP contribution < -0.4 is 0 Å². The monoisotopic (exact) mass is 423 g/mol. The normalized spacial score (nSPS) is 11.5. The lowest BCUT2D eigenvalue weighted by molar-refractivity contribution is 0.388. The molecule has 0 saturated heterocycles. The van der Waals surface area contributed by atoms with Gasteiger partial charge in [-0.2, -0.15) is 0 Å². The lowest BCUT2D eigenvalue weighted by Gasteiger charge is -2.10. The molecule has 0 fully saturated rings. The summed E-state index contributed by atoms with van der Waals surface area (Å²) in [6.45, 7) is 2.01. The standard InChI is InChI=1S/C24H23Cl2N3/c1-28(2)10-3-11-29-16-23(22-13-21(26)8-9-24(22)29)19-12-18(14-27-15-19)17-4-6-20(25)7-5-17/h4-9,12-16H,3,10-11H2,1-2H3. The van der Waals surface area contributed by atoms with Crippen LogP contribution in [0.3, 0.4) is 0 Å². The summed E-state index contributed by atoms with van der Waals surface area (Å²) < 4.78 is 2.32. The number of aryl methyl sites for hydroxylation is 1. The van der Waals surface area contributed by atoms with Crippen LogP contribution >= 0.6 is 23.2 Å². The maximum absolute atomic E-state index is 6.33. The van der Waals surface area contributed by atoms with Crippen LogP contribution in [0, 0.1) is 0 Å². The predicted molar refractivity (Wildman–Crippen MR) is 124 cm³/mol. The van der Waals surface area contributed by atoms with E-state index in [4.69, 9.17) is 23.2 Å². The second kappa shape index (κ2) is 8.58. The molecule has 29 heavy (non-hydrogen) atoms. The Bertz CT molecular complexity index is 1130. The molecule has 0 aliphatic rings. The van der Waals surface area contributed by atoms with E-state index < -0.39 is 0 Å². The number of rotatable bonds is 6. The van der Waals surface area contributed by atoms with Gasteiger partial charge in [0, 0.05) is 62.8 Å². The van der Waals surface area contributed by atoms with Gasteiger partial charge in [0.15, 0.2) is 0 Å². The Balaban J connectivity index is 1.76. The number of benzene rings is 2. The summed E-state index contributed by atoms with van der Waals surface area (Å²) in [5.41, 5.74) is 5.58. The number of hydrogen-bond donors (Lipinski definition) is 0. The van der Waals surface area contributed by atoms with E-state index >= 15 is 0 Å². The first kappa shape index (κ1) is 20.0. The van der Waals surface area contributed by atoms with Crippen LogP contribution in [0.25, 0.3) is 33.2 Å². The third-order valence-corrected chi connectivity index (χ3v) is 5.56. The van der Waals surface area contributed by atoms with Crippen molar-refractivity contribution in [2.45, 2.75) is 13.0 Å². The number of pyridine rings is 1. The molecular formula is C24H23Cl2N3. The Labute approximate surface area is 181 Å². The second-order valence-corrected chi connectivity index (χ2v) is 8.40. The van der Waals surface area contributed by atoms with E-state index in [1.165, 1.54) is 5.52 Å². The van der Waals surface area contributed by atoms with Crippen LogP contribution in [0.2, 0.25) is 10.0 Å². The lowest BCUT2D eigenvalue weighted by atomic mass is 10.0. The van der Waals surface area contributed by atoms with Crippen molar-refractivity contribution in [3.05, 3.63) is 77.2 Å². The molecule has 0 aliphatic carbocycles. The van der Waals surface area contributed by atoms with Crippen molar-refractivity contribution in [1.29, 1.82) is 0 Å². The number of halogens is 2. The molecule has 2 aromatic heterocycles. The smallest absolute Gasteiger partial charge is 0.0487 e. The highest BCUT2D eigenvalue weighted by Gasteiger charge is 2.12. The fraction of sp³-hybridized carbons (Fsp3) is 0.208. The summed E-state index contributed by atoms with van der Waals surface area (Å²) in [7, 11) is 4.21. The minimum Gasteiger partial charge on any atom is -0.347 e. The number of hydrogen-bond acceptors (Lipinski definition) is 2. The van der Waals surface area contributed by atoms with Crippen molar-refractivity contribution in [2.24, 2.45) is 0 Å². The van der Waals surface area contributed by atoms with Gasteiger partial charge in [0.25, 0.3) is 0 Å². The average Bonchev–Trinajstić information content (AvgIpc) is 3.06. The molecular weight excluding hydrogens is 401 g/mol. The van der Waals surface area contributed by atoms with Crippen molar-refractivity contribution < 1.29 is 0 Å². The molecule has 0 unspecified atom stereocenters. The third-order valence-electron chi connectivity index (χ3n) is 5.07. The van der Waals surface area contributed by atoms with Crippen LogP contribution in [-0.4, -0.2) is 35.1 Å². The van der Waals surface area contributed by atoms with Gasteiger partial charge in [0.2, 0.25) is 0 Å². The molecule has 2 heterocycles. The summed E-state index contributed by atoms with van der Waals surface area (Å²) >= 11 is 12.4. The van der Waals surface area contributed by atoms with E-state index in [-0.39, 0.29) is 0 Å². The van der Waals surface area contributed by atoms with Crippen molar-refractivity contribution >= 4 is 34.1 Å². The van der Waals surface area contributed by atoms with Crippen LogP contribution in [-0.2, 0) is 6.54 Å². The van der Waals surface area contributed by atoms with Crippen molar-refractivity contribution in [1.82, 2.24) is 14.5 Å². The molecule has 2 aromatic carbocycles. The molecule has 4 aromatic rings. The highest BCUT2D eigenvalue weighted by molar-refractivity contribution is 6.31. The topological polar surface area (TPSA) is 21.1 Å². The molecule has 0 atom stereocenters. The average molecular weight is 424 g/mol. The first-order chi connectivity index (χ1) is 14.0. The summed E-state index contributed by atoms with van der Waals surface area (Å²) in [5, 5.41) is 2.62. The molecule has 0 amide bonds. The van der Waals surface area contributed by atoms with E-state index in [1.807, 2.05) is 48.8 Å². The van der Waals surface area contributed by atoms with Gasteiger partial charge in [-0.25, -0.2) is 0 Å². The molecule has 148 valence electrons. The number of nitrogens with zero attached hydrogens (tertiary/aromatic N) is 3. The minimum absolute atomic E-state index is 0.730. The zero-order valence-corrected chi connectivity index (χ0v) is 18.1. The summed E-state index contributed by atoms with van der Waals surface area (Å²) in [4.78, 5) is 6.71. The van der Waals surface area contributed by atoms with E-state index in [2.05, 4.69) is 46.9 Å². The quantitative estimate of drug-likeness (QED) is 0.346. The first-order valence-electron chi connectivity index (χ1n) is 9.66. The van der Waals surface area contributed by atoms with Crippen molar-refractivity contribution in [2.75, 3.05) is 20.6 Å². The molecule has 0 aliphatic heterocycles. The van der Waals surface area contributed by atoms with Gasteiger partial charge in [-0.05, 0) is 69.0 Å². The minimum atomic E-state index is 0.730. The third kappa shape index (κ3) is 4.48. The summed E-state index contributed by atoms with van der Waals surface area (Å²) in [6, 6.07) is 16.1. The van der Waals surface area contributed by atoms with Crippen LogP contribution in [0.5, 0.6) is 0 Å². The predicted octanol–water partition coefficient (Wildman–Crippen LogP) is 6.63. The van der Waals surface area contributed by atoms with Gasteiger partial charge >= 0.3 is 0 Å². The van der Waals surface area contributed by atoms with Crippen LogP contribution in [0.15, 0.2) is 67.1 Å². The number of fused-ring (bicyclic) bond motifs is 1. The highest BCUT2D eigenvalue weighted by atomic mass is 35.5. The molecule has 0 bridgehead atoms. The Hall–Kier alpha value is -2.33. The van der Waals surface area contributed by atoms with Crippen molar-refractivity contribution in [3.63, 3.8) is 0 Å². The van der Waals surface area contributed by atoms with E-state index in [0.717, 1.165) is 57.2 Å². The Morgan fingerprint density at radius 1 is 0.862 bits per heavy atom. The fourth-order valence-corrected chi connectivity index (χ4v) is 3.93. The Morgan fingerprint density at radius 2 is 1.59 bits per heavy atom. The maximum Gasteiger partial charge on any atom is 0.0487 e. The van der Waals surface area contributed by atoms with Gasteiger partial charge in [-0.15, -0.1) is 0 Å². The van der Waals surface area contributed by atoms with Crippen LogP contribution in [0.4, 0.5) is 0 Å². The number of aromatic nitrogens is 2. The molecule has 4 rings (SSSR count). The van der Waals surface area contributed by atoms with Gasteiger partial charge in [-0.1, -0.05) is 35.3 Å². The molecule has 5 heteroatoms. The second-order valence-electron chi connectivity index (χ2n) is 7.52. The van der Waals surface area contributed by atoms with Gasteiger partial charge < -0.3 is 9.47 Å². The van der Waals surface area contributed by atoms with Gasteiger partial charge in [0.05, 0.1) is 0 Å². The maximum atomic E-state index is 6.33. The fourth-order valence-electron chi connectivity index (χ4n) is 3.63. The SMILES string of the molecule is CN(C)CCCn1cc(-c2cncc(-c3ccc(Cl)cc3)c2)c2cc(Cl)ccc21. The Kier molecular flexibility index (Phi) is 5.91. The van der Waals surface area contributed by atoms with E-state index in [0.29, 0.717) is 0 Å². The van der Waals surface area contributed by atoms with E-state index in [9.17, 15) is 0 Å². The summed E-state index contributed by atoms with van der Waals surface area (Å²) in [5.74, 6) is 0. The zero-order valence-electron chi connectivity index (χ0n) is 16.6. The highest BCUT2D eigenvalue weighted by Crippen LogP contribution is 2.34. The van der Waals surface area contributed by atoms with Gasteiger partial charge in [-0.3, -0.25) is 4.98 Å². The largest absolute Gasteiger partial charge is 0.347 e. The van der Waals surface area contributed by atoms with Gasteiger partial charge in [0.1, 0.15) is 0 Å². The zero-order chi connectivity index (χ0) is 20.4.